The van der Waals surface area contributed by atoms with Gasteiger partial charge in [0.25, 0.3) is 0 Å². The third-order valence-electron chi connectivity index (χ3n) is 3.29. The number of sulfonamides is 1. The summed E-state index contributed by atoms with van der Waals surface area (Å²) < 4.78 is 41.2. The summed E-state index contributed by atoms with van der Waals surface area (Å²) in [6.45, 7) is 0.460. The Balaban J connectivity index is 1.98. The van der Waals surface area contributed by atoms with Gasteiger partial charge in [0.1, 0.15) is 5.82 Å². The summed E-state index contributed by atoms with van der Waals surface area (Å²) in [5.41, 5.74) is 1.70. The van der Waals surface area contributed by atoms with Crippen LogP contribution in [0.4, 0.5) is 4.39 Å². The Kier molecular flexibility index (Phi) is 3.07. The van der Waals surface area contributed by atoms with E-state index in [-0.39, 0.29) is 23.0 Å². The summed E-state index contributed by atoms with van der Waals surface area (Å²) in [5, 5.41) is 4.13. The van der Waals surface area contributed by atoms with Crippen LogP contribution >= 0.6 is 11.6 Å². The molecule has 2 aromatic rings. The Morgan fingerprint density at radius 1 is 1.30 bits per heavy atom. The summed E-state index contributed by atoms with van der Waals surface area (Å²) in [6, 6.07) is 3.30. The van der Waals surface area contributed by atoms with E-state index in [1.54, 1.807) is 17.9 Å². The first kappa shape index (κ1) is 13.5. The van der Waals surface area contributed by atoms with Crippen molar-refractivity contribution < 1.29 is 12.8 Å². The van der Waals surface area contributed by atoms with Crippen LogP contribution in [0.1, 0.15) is 11.3 Å². The molecule has 0 saturated carbocycles. The molecule has 20 heavy (non-hydrogen) atoms. The number of fused-ring (bicyclic) bond motifs is 1. The van der Waals surface area contributed by atoms with Crippen LogP contribution in [0.15, 0.2) is 29.3 Å². The Labute approximate surface area is 120 Å². The van der Waals surface area contributed by atoms with Gasteiger partial charge in [-0.3, -0.25) is 4.68 Å². The molecule has 1 aromatic carbocycles. The van der Waals surface area contributed by atoms with E-state index >= 15 is 0 Å². The summed E-state index contributed by atoms with van der Waals surface area (Å²) in [4.78, 5) is -0.136. The first-order valence-electron chi connectivity index (χ1n) is 5.84. The van der Waals surface area contributed by atoms with Gasteiger partial charge in [0, 0.05) is 24.2 Å². The zero-order valence-electron chi connectivity index (χ0n) is 10.5. The molecule has 0 amide bonds. The highest BCUT2D eigenvalue weighted by Gasteiger charge is 2.33. The summed E-state index contributed by atoms with van der Waals surface area (Å²) >= 11 is 5.72. The maximum absolute atomic E-state index is 13.3. The zero-order chi connectivity index (χ0) is 14.5. The fourth-order valence-electron chi connectivity index (χ4n) is 2.25. The van der Waals surface area contributed by atoms with Crippen molar-refractivity contribution in [3.63, 3.8) is 0 Å². The van der Waals surface area contributed by atoms with Crippen LogP contribution in [-0.2, 0) is 30.2 Å². The van der Waals surface area contributed by atoms with Crippen LogP contribution < -0.4 is 0 Å². The molecule has 0 unspecified atom stereocenters. The van der Waals surface area contributed by atoms with Gasteiger partial charge < -0.3 is 0 Å². The Morgan fingerprint density at radius 2 is 2.05 bits per heavy atom. The molecule has 106 valence electrons. The molecule has 2 heterocycles. The number of rotatable bonds is 2. The van der Waals surface area contributed by atoms with E-state index in [0.717, 1.165) is 23.4 Å². The predicted octanol–water partition coefficient (Wildman–Crippen LogP) is 1.92. The Bertz CT molecular complexity index is 768. The van der Waals surface area contributed by atoms with Gasteiger partial charge in [-0.1, -0.05) is 11.6 Å². The highest BCUT2D eigenvalue weighted by atomic mass is 35.5. The van der Waals surface area contributed by atoms with E-state index in [1.165, 1.54) is 10.4 Å². The second-order valence-electron chi connectivity index (χ2n) is 4.62. The van der Waals surface area contributed by atoms with Gasteiger partial charge >= 0.3 is 0 Å². The maximum atomic E-state index is 13.3. The molecule has 0 bridgehead atoms. The number of aromatic nitrogens is 2. The van der Waals surface area contributed by atoms with Crippen molar-refractivity contribution in [1.82, 2.24) is 14.1 Å². The minimum atomic E-state index is -3.77. The van der Waals surface area contributed by atoms with Crippen LogP contribution in [0.25, 0.3) is 0 Å². The van der Waals surface area contributed by atoms with Crippen molar-refractivity contribution in [2.75, 3.05) is 0 Å². The maximum Gasteiger partial charge on any atom is 0.243 e. The highest BCUT2D eigenvalue weighted by molar-refractivity contribution is 7.89. The molecule has 3 rings (SSSR count). The molecule has 0 saturated heterocycles. The number of aryl methyl sites for hydroxylation is 1. The fraction of sp³-hybridized carbons (Fsp3) is 0.250. The van der Waals surface area contributed by atoms with Crippen LogP contribution in [0, 0.1) is 5.82 Å². The minimum absolute atomic E-state index is 0.0574. The van der Waals surface area contributed by atoms with Crippen molar-refractivity contribution in [1.29, 1.82) is 0 Å². The number of hydrogen-bond acceptors (Lipinski definition) is 3. The van der Waals surface area contributed by atoms with Crippen molar-refractivity contribution in [2.24, 2.45) is 7.05 Å². The zero-order valence-corrected chi connectivity index (χ0v) is 12.1. The molecule has 1 aromatic heterocycles. The molecule has 5 nitrogen and oxygen atoms in total. The lowest BCUT2D eigenvalue weighted by Gasteiger charge is -2.16. The van der Waals surface area contributed by atoms with E-state index in [2.05, 4.69) is 5.10 Å². The van der Waals surface area contributed by atoms with Crippen LogP contribution in [0.3, 0.4) is 0 Å². The lowest BCUT2D eigenvalue weighted by Crippen LogP contribution is -2.26. The van der Waals surface area contributed by atoms with Crippen molar-refractivity contribution in [3.05, 3.63) is 46.5 Å². The second-order valence-corrected chi connectivity index (χ2v) is 6.99. The molecule has 1 aliphatic rings. The van der Waals surface area contributed by atoms with E-state index in [9.17, 15) is 12.8 Å². The summed E-state index contributed by atoms with van der Waals surface area (Å²) in [7, 11) is -2.01. The highest BCUT2D eigenvalue weighted by Crippen LogP contribution is 2.29. The number of hydrogen-bond donors (Lipinski definition) is 0. The molecule has 0 atom stereocenters. The predicted molar refractivity (Wildman–Crippen MR) is 71.1 cm³/mol. The quantitative estimate of drug-likeness (QED) is 0.850. The van der Waals surface area contributed by atoms with Gasteiger partial charge in [-0.05, 0) is 18.2 Å². The molecule has 8 heteroatoms. The third-order valence-corrected chi connectivity index (χ3v) is 5.28. The lowest BCUT2D eigenvalue weighted by atomic mass is 10.3. The molecular weight excluding hydrogens is 305 g/mol. The number of benzene rings is 1. The molecule has 0 fully saturated rings. The van der Waals surface area contributed by atoms with E-state index in [4.69, 9.17) is 11.6 Å². The van der Waals surface area contributed by atoms with Crippen molar-refractivity contribution in [3.8, 4) is 0 Å². The van der Waals surface area contributed by atoms with Gasteiger partial charge in [0.2, 0.25) is 10.0 Å². The SMILES string of the molecule is Cn1ncc2c1CN(S(=O)(=O)c1cc(F)cc(Cl)c1)C2. The van der Waals surface area contributed by atoms with Gasteiger partial charge in [0.15, 0.2) is 0 Å². The lowest BCUT2D eigenvalue weighted by molar-refractivity contribution is 0.421. The topological polar surface area (TPSA) is 55.2 Å². The second kappa shape index (κ2) is 4.54. The summed E-state index contributed by atoms with van der Waals surface area (Å²) in [5.74, 6) is -0.672. The number of halogens is 2. The molecular formula is C12H11ClFN3O2S. The molecule has 0 N–H and O–H groups in total. The van der Waals surface area contributed by atoms with Gasteiger partial charge in [-0.2, -0.15) is 9.40 Å². The monoisotopic (exact) mass is 315 g/mol. The average Bonchev–Trinajstić information content (AvgIpc) is 2.91. The standard InChI is InChI=1S/C12H11ClFN3O2S/c1-16-12-7-17(6-8(12)5-15-16)20(18,19)11-3-9(13)2-10(14)4-11/h2-5H,6-7H2,1H3. The third kappa shape index (κ3) is 2.11. The van der Waals surface area contributed by atoms with Crippen molar-refractivity contribution in [2.45, 2.75) is 18.0 Å². The van der Waals surface area contributed by atoms with Gasteiger partial charge in [-0.25, -0.2) is 12.8 Å². The average molecular weight is 316 g/mol. The summed E-state index contributed by atoms with van der Waals surface area (Å²) in [6.07, 6.45) is 1.64. The van der Waals surface area contributed by atoms with Gasteiger partial charge in [0.05, 0.1) is 23.3 Å². The van der Waals surface area contributed by atoms with E-state index in [1.807, 2.05) is 0 Å². The van der Waals surface area contributed by atoms with Crippen LogP contribution in [0.5, 0.6) is 0 Å². The fourth-order valence-corrected chi connectivity index (χ4v) is 3.98. The number of nitrogens with zero attached hydrogens (tertiary/aromatic N) is 3. The first-order chi connectivity index (χ1) is 9.38. The Hall–Kier alpha value is -1.44. The smallest absolute Gasteiger partial charge is 0.243 e. The molecule has 1 aliphatic heterocycles. The van der Waals surface area contributed by atoms with E-state index in [0.29, 0.717) is 0 Å². The minimum Gasteiger partial charge on any atom is -0.271 e. The Morgan fingerprint density at radius 3 is 2.70 bits per heavy atom. The molecule has 0 aliphatic carbocycles. The van der Waals surface area contributed by atoms with Crippen LogP contribution in [-0.4, -0.2) is 22.5 Å². The first-order valence-corrected chi connectivity index (χ1v) is 7.66. The molecule has 0 spiro atoms. The largest absolute Gasteiger partial charge is 0.271 e. The normalized spacial score (nSPS) is 15.6. The van der Waals surface area contributed by atoms with Crippen LogP contribution in [0.2, 0.25) is 5.02 Å². The van der Waals surface area contributed by atoms with Crippen molar-refractivity contribution >= 4 is 21.6 Å². The molecule has 0 radical (unpaired) electrons. The van der Waals surface area contributed by atoms with Gasteiger partial charge in [-0.15, -0.1) is 0 Å². The van der Waals surface area contributed by atoms with E-state index < -0.39 is 15.8 Å².